The number of hydrogen-bond donors (Lipinski definition) is 0. The number of piperidine rings is 1. The molecule has 2 heterocycles. The summed E-state index contributed by atoms with van der Waals surface area (Å²) in [5, 5.41) is 0.863. The summed E-state index contributed by atoms with van der Waals surface area (Å²) < 4.78 is 8.00. The molecule has 1 saturated heterocycles. The molecule has 5 heteroatoms. The Hall–Kier alpha value is -1.88. The summed E-state index contributed by atoms with van der Waals surface area (Å²) in [6.07, 6.45) is 2.25. The average molecular weight is 398 g/mol. The van der Waals surface area contributed by atoms with Crippen LogP contribution < -0.4 is 0 Å². The van der Waals surface area contributed by atoms with E-state index >= 15 is 0 Å². The second-order valence-corrected chi connectivity index (χ2v) is 7.86. The Kier molecular flexibility index (Phi) is 6.30. The van der Waals surface area contributed by atoms with E-state index in [1.807, 2.05) is 19.1 Å². The van der Waals surface area contributed by atoms with Gasteiger partial charge in [0.1, 0.15) is 5.82 Å². The second kappa shape index (κ2) is 9.08. The van der Waals surface area contributed by atoms with E-state index in [2.05, 4.69) is 45.9 Å². The molecule has 2 aromatic carbocycles. The van der Waals surface area contributed by atoms with Crippen LogP contribution in [0, 0.1) is 0 Å². The standard InChI is InChI=1S/C23H28ClN3O/c1-2-28-16-15-27-22-10-6-5-9-21(22)25-23(27)18-11-13-26(14-12-18)17-19-7-3-4-8-20(19)24/h3-10,18H,2,11-17H2,1H3. The lowest BCUT2D eigenvalue weighted by Crippen LogP contribution is -2.33. The predicted molar refractivity (Wildman–Crippen MR) is 115 cm³/mol. The number of benzene rings is 2. The van der Waals surface area contributed by atoms with E-state index in [0.29, 0.717) is 5.92 Å². The molecule has 1 aliphatic rings. The Bertz CT molecular complexity index is 915. The summed E-state index contributed by atoms with van der Waals surface area (Å²) in [6.45, 7) is 7.46. The first kappa shape index (κ1) is 19.4. The molecular formula is C23H28ClN3O. The van der Waals surface area contributed by atoms with Crippen LogP contribution in [0.3, 0.4) is 0 Å². The summed E-state index contributed by atoms with van der Waals surface area (Å²) >= 11 is 6.34. The minimum absolute atomic E-state index is 0.497. The summed E-state index contributed by atoms with van der Waals surface area (Å²) in [6, 6.07) is 16.6. The van der Waals surface area contributed by atoms with Crippen molar-refractivity contribution in [2.24, 2.45) is 0 Å². The molecule has 28 heavy (non-hydrogen) atoms. The maximum atomic E-state index is 6.34. The maximum absolute atomic E-state index is 6.34. The molecule has 0 saturated carbocycles. The van der Waals surface area contributed by atoms with Crippen molar-refractivity contribution in [1.29, 1.82) is 0 Å². The first-order chi connectivity index (χ1) is 13.8. The largest absolute Gasteiger partial charge is 0.380 e. The molecule has 148 valence electrons. The van der Waals surface area contributed by atoms with Crippen LogP contribution in [-0.4, -0.2) is 40.8 Å². The van der Waals surface area contributed by atoms with Crippen molar-refractivity contribution in [3.63, 3.8) is 0 Å². The third kappa shape index (κ3) is 4.24. The zero-order valence-corrected chi connectivity index (χ0v) is 17.2. The number of imidazole rings is 1. The van der Waals surface area contributed by atoms with Crippen molar-refractivity contribution in [2.45, 2.75) is 38.8 Å². The lowest BCUT2D eigenvalue weighted by atomic mass is 9.95. The number of nitrogens with zero attached hydrogens (tertiary/aromatic N) is 3. The third-order valence-corrected chi connectivity index (χ3v) is 6.02. The topological polar surface area (TPSA) is 30.3 Å². The number of para-hydroxylation sites is 2. The zero-order chi connectivity index (χ0) is 19.3. The summed E-state index contributed by atoms with van der Waals surface area (Å²) in [5.41, 5.74) is 3.52. The number of rotatable bonds is 7. The smallest absolute Gasteiger partial charge is 0.113 e. The van der Waals surface area contributed by atoms with Gasteiger partial charge in [-0.25, -0.2) is 4.98 Å². The van der Waals surface area contributed by atoms with Crippen LogP contribution in [0.5, 0.6) is 0 Å². The van der Waals surface area contributed by atoms with E-state index in [0.717, 1.165) is 62.8 Å². The van der Waals surface area contributed by atoms with Gasteiger partial charge in [-0.2, -0.15) is 0 Å². The highest BCUT2D eigenvalue weighted by Gasteiger charge is 2.25. The van der Waals surface area contributed by atoms with Gasteiger partial charge in [-0.3, -0.25) is 4.90 Å². The molecule has 1 aliphatic heterocycles. The van der Waals surface area contributed by atoms with Crippen LogP contribution in [0.2, 0.25) is 5.02 Å². The first-order valence-corrected chi connectivity index (χ1v) is 10.6. The molecule has 4 rings (SSSR count). The summed E-state index contributed by atoms with van der Waals surface area (Å²) in [4.78, 5) is 7.51. The monoisotopic (exact) mass is 397 g/mol. The molecule has 0 spiro atoms. The molecule has 0 N–H and O–H groups in total. The molecule has 0 unspecified atom stereocenters. The average Bonchev–Trinajstić information content (AvgIpc) is 3.09. The van der Waals surface area contributed by atoms with Crippen molar-refractivity contribution in [1.82, 2.24) is 14.5 Å². The lowest BCUT2D eigenvalue weighted by Gasteiger charge is -2.32. The number of ether oxygens (including phenoxy) is 1. The van der Waals surface area contributed by atoms with Crippen LogP contribution >= 0.6 is 11.6 Å². The van der Waals surface area contributed by atoms with Crippen LogP contribution in [0.1, 0.15) is 37.1 Å². The molecule has 0 bridgehead atoms. The zero-order valence-electron chi connectivity index (χ0n) is 16.5. The molecule has 1 aromatic heterocycles. The highest BCUT2D eigenvalue weighted by atomic mass is 35.5. The molecule has 4 nitrogen and oxygen atoms in total. The van der Waals surface area contributed by atoms with E-state index in [-0.39, 0.29) is 0 Å². The molecule has 0 radical (unpaired) electrons. The van der Waals surface area contributed by atoms with Gasteiger partial charge in [0.15, 0.2) is 0 Å². The van der Waals surface area contributed by atoms with Gasteiger partial charge in [0, 0.05) is 30.6 Å². The Balaban J connectivity index is 1.47. The quantitative estimate of drug-likeness (QED) is 0.519. The fourth-order valence-corrected chi connectivity index (χ4v) is 4.35. The SMILES string of the molecule is CCOCCn1c(C2CCN(Cc3ccccc3Cl)CC2)nc2ccccc21. The minimum atomic E-state index is 0.497. The van der Waals surface area contributed by atoms with Gasteiger partial charge < -0.3 is 9.30 Å². The fourth-order valence-electron chi connectivity index (χ4n) is 4.16. The number of halogens is 1. The predicted octanol–water partition coefficient (Wildman–Crippen LogP) is 5.11. The van der Waals surface area contributed by atoms with E-state index in [1.54, 1.807) is 0 Å². The van der Waals surface area contributed by atoms with Crippen molar-refractivity contribution in [3.05, 3.63) is 64.9 Å². The number of fused-ring (bicyclic) bond motifs is 1. The van der Waals surface area contributed by atoms with Crippen LogP contribution in [0.4, 0.5) is 0 Å². The lowest BCUT2D eigenvalue weighted by molar-refractivity contribution is 0.138. The van der Waals surface area contributed by atoms with Gasteiger partial charge in [-0.05, 0) is 56.6 Å². The fraction of sp³-hybridized carbons (Fsp3) is 0.435. The Morgan fingerprint density at radius 2 is 1.82 bits per heavy atom. The highest BCUT2D eigenvalue weighted by molar-refractivity contribution is 6.31. The van der Waals surface area contributed by atoms with Gasteiger partial charge in [-0.1, -0.05) is 41.9 Å². The van der Waals surface area contributed by atoms with E-state index in [1.165, 1.54) is 16.9 Å². The highest BCUT2D eigenvalue weighted by Crippen LogP contribution is 2.31. The Morgan fingerprint density at radius 3 is 2.61 bits per heavy atom. The Morgan fingerprint density at radius 1 is 1.07 bits per heavy atom. The van der Waals surface area contributed by atoms with Crippen molar-refractivity contribution in [2.75, 3.05) is 26.3 Å². The van der Waals surface area contributed by atoms with Crippen LogP contribution in [-0.2, 0) is 17.8 Å². The van der Waals surface area contributed by atoms with E-state index in [9.17, 15) is 0 Å². The first-order valence-electron chi connectivity index (χ1n) is 10.2. The van der Waals surface area contributed by atoms with Crippen molar-refractivity contribution >= 4 is 22.6 Å². The number of likely N-dealkylation sites (tertiary alicyclic amines) is 1. The minimum Gasteiger partial charge on any atom is -0.380 e. The Labute approximate surface area is 172 Å². The summed E-state index contributed by atoms with van der Waals surface area (Å²) in [7, 11) is 0. The van der Waals surface area contributed by atoms with Crippen LogP contribution in [0.25, 0.3) is 11.0 Å². The molecule has 3 aromatic rings. The van der Waals surface area contributed by atoms with Crippen molar-refractivity contribution in [3.8, 4) is 0 Å². The second-order valence-electron chi connectivity index (χ2n) is 7.45. The molecule has 1 fully saturated rings. The molecule has 0 atom stereocenters. The molecule has 0 aliphatic carbocycles. The van der Waals surface area contributed by atoms with Gasteiger partial charge >= 0.3 is 0 Å². The van der Waals surface area contributed by atoms with Gasteiger partial charge in [0.05, 0.1) is 17.6 Å². The van der Waals surface area contributed by atoms with E-state index < -0.39 is 0 Å². The number of hydrogen-bond acceptors (Lipinski definition) is 3. The molecular weight excluding hydrogens is 370 g/mol. The van der Waals surface area contributed by atoms with Crippen molar-refractivity contribution < 1.29 is 4.74 Å². The molecule has 0 amide bonds. The van der Waals surface area contributed by atoms with Crippen LogP contribution in [0.15, 0.2) is 48.5 Å². The third-order valence-electron chi connectivity index (χ3n) is 5.65. The van der Waals surface area contributed by atoms with Gasteiger partial charge in [0.2, 0.25) is 0 Å². The maximum Gasteiger partial charge on any atom is 0.113 e. The van der Waals surface area contributed by atoms with E-state index in [4.69, 9.17) is 21.3 Å². The van der Waals surface area contributed by atoms with Gasteiger partial charge in [-0.15, -0.1) is 0 Å². The summed E-state index contributed by atoms with van der Waals surface area (Å²) in [5.74, 6) is 1.72. The van der Waals surface area contributed by atoms with Gasteiger partial charge in [0.25, 0.3) is 0 Å². The number of aromatic nitrogens is 2. The normalized spacial score (nSPS) is 16.1.